The largest absolute Gasteiger partial charge is 0.306 e. The van der Waals surface area contributed by atoms with Gasteiger partial charge in [0, 0.05) is 27.6 Å². The van der Waals surface area contributed by atoms with Crippen LogP contribution in [0.15, 0.2) is 60.7 Å². The van der Waals surface area contributed by atoms with Crippen molar-refractivity contribution in [2.24, 2.45) is 0 Å². The van der Waals surface area contributed by atoms with Crippen LogP contribution in [0.4, 0.5) is 5.82 Å². The van der Waals surface area contributed by atoms with Crippen LogP contribution in [0.1, 0.15) is 33.7 Å². The van der Waals surface area contributed by atoms with E-state index in [9.17, 15) is 4.79 Å². The van der Waals surface area contributed by atoms with Crippen LogP contribution in [-0.4, -0.2) is 25.7 Å². The summed E-state index contributed by atoms with van der Waals surface area (Å²) >= 11 is 6.28. The minimum absolute atomic E-state index is 0.190. The maximum atomic E-state index is 13.7. The number of carbonyl (C=O) groups excluding carboxylic acids is 1. The van der Waals surface area contributed by atoms with E-state index in [0.717, 1.165) is 58.0 Å². The SMILES string of the molecule is Cc1cc(NC(=O)c2c3c(nc4ccc(Cl)cc24)CCC3)n(-c2ccc3ccccc3n2)n1. The molecule has 0 saturated carbocycles. The molecule has 1 aliphatic rings. The minimum Gasteiger partial charge on any atom is -0.306 e. The average Bonchev–Trinajstić information content (AvgIpc) is 3.43. The molecule has 0 aliphatic heterocycles. The third-order valence-electron chi connectivity index (χ3n) is 6.07. The van der Waals surface area contributed by atoms with Crippen LogP contribution in [-0.2, 0) is 12.8 Å². The molecular formula is C26H20ClN5O. The van der Waals surface area contributed by atoms with E-state index >= 15 is 0 Å². The summed E-state index contributed by atoms with van der Waals surface area (Å²) in [4.78, 5) is 23.2. The summed E-state index contributed by atoms with van der Waals surface area (Å²) in [6.07, 6.45) is 2.70. The molecule has 0 fully saturated rings. The molecule has 6 rings (SSSR count). The van der Waals surface area contributed by atoms with Crippen LogP contribution >= 0.6 is 11.6 Å². The predicted molar refractivity (Wildman–Crippen MR) is 130 cm³/mol. The molecule has 33 heavy (non-hydrogen) atoms. The second kappa shape index (κ2) is 7.67. The van der Waals surface area contributed by atoms with Crippen molar-refractivity contribution in [1.29, 1.82) is 0 Å². The van der Waals surface area contributed by atoms with Crippen LogP contribution in [0.2, 0.25) is 5.02 Å². The number of amides is 1. The van der Waals surface area contributed by atoms with E-state index in [4.69, 9.17) is 21.6 Å². The van der Waals surface area contributed by atoms with Gasteiger partial charge in [-0.1, -0.05) is 29.8 Å². The van der Waals surface area contributed by atoms with E-state index in [0.29, 0.717) is 22.2 Å². The van der Waals surface area contributed by atoms with Crippen molar-refractivity contribution in [1.82, 2.24) is 19.7 Å². The number of halogens is 1. The number of carbonyl (C=O) groups is 1. The first-order valence-corrected chi connectivity index (χ1v) is 11.3. The topological polar surface area (TPSA) is 72.7 Å². The molecule has 162 valence electrons. The van der Waals surface area contributed by atoms with Gasteiger partial charge in [-0.05, 0) is 68.1 Å². The van der Waals surface area contributed by atoms with Crippen molar-refractivity contribution >= 4 is 45.1 Å². The zero-order valence-electron chi connectivity index (χ0n) is 18.0. The van der Waals surface area contributed by atoms with Gasteiger partial charge in [-0.3, -0.25) is 9.78 Å². The lowest BCUT2D eigenvalue weighted by molar-refractivity contribution is 0.102. The fourth-order valence-corrected chi connectivity index (χ4v) is 4.78. The maximum Gasteiger partial charge on any atom is 0.257 e. The standard InChI is InChI=1S/C26H20ClN5O/c1-15-13-24(32(31-15)23-12-9-16-5-2-3-7-20(16)29-23)30-26(33)25-18-6-4-8-21(18)28-22-11-10-17(27)14-19(22)25/h2-3,5,7,9-14H,4,6,8H2,1H3,(H,30,33). The first kappa shape index (κ1) is 19.9. The third-order valence-corrected chi connectivity index (χ3v) is 6.31. The highest BCUT2D eigenvalue weighted by atomic mass is 35.5. The molecule has 0 radical (unpaired) electrons. The van der Waals surface area contributed by atoms with E-state index in [1.54, 1.807) is 4.68 Å². The Hall–Kier alpha value is -3.77. The molecule has 0 unspecified atom stereocenters. The van der Waals surface area contributed by atoms with E-state index < -0.39 is 0 Å². The van der Waals surface area contributed by atoms with E-state index in [2.05, 4.69) is 10.4 Å². The van der Waals surface area contributed by atoms with Gasteiger partial charge >= 0.3 is 0 Å². The molecule has 0 bridgehead atoms. The lowest BCUT2D eigenvalue weighted by atomic mass is 10.0. The number of hydrogen-bond acceptors (Lipinski definition) is 4. The number of anilines is 1. The molecule has 1 amide bonds. The molecule has 0 spiro atoms. The summed E-state index contributed by atoms with van der Waals surface area (Å²) in [6.45, 7) is 1.90. The Balaban J connectivity index is 1.45. The molecule has 1 N–H and O–H groups in total. The number of aryl methyl sites for hydroxylation is 2. The summed E-state index contributed by atoms with van der Waals surface area (Å²) in [6, 6.07) is 19.2. The molecule has 1 aliphatic carbocycles. The predicted octanol–water partition coefficient (Wildman–Crippen LogP) is 5.67. The van der Waals surface area contributed by atoms with Gasteiger partial charge in [-0.25, -0.2) is 4.98 Å². The molecule has 6 nitrogen and oxygen atoms in total. The maximum absolute atomic E-state index is 13.7. The normalized spacial score (nSPS) is 12.9. The summed E-state index contributed by atoms with van der Waals surface area (Å²) in [5.74, 6) is 1.02. The highest BCUT2D eigenvalue weighted by Gasteiger charge is 2.25. The van der Waals surface area contributed by atoms with Crippen molar-refractivity contribution in [3.05, 3.63) is 88.2 Å². The van der Waals surface area contributed by atoms with Gasteiger partial charge in [0.15, 0.2) is 5.82 Å². The number of fused-ring (bicyclic) bond motifs is 3. The molecule has 3 heterocycles. The second-order valence-electron chi connectivity index (χ2n) is 8.33. The Labute approximate surface area is 195 Å². The van der Waals surface area contributed by atoms with Crippen molar-refractivity contribution in [3.8, 4) is 5.82 Å². The van der Waals surface area contributed by atoms with Crippen molar-refractivity contribution in [3.63, 3.8) is 0 Å². The number of para-hydroxylation sites is 1. The second-order valence-corrected chi connectivity index (χ2v) is 8.76. The number of aromatic nitrogens is 4. The lowest BCUT2D eigenvalue weighted by Crippen LogP contribution is -2.18. The van der Waals surface area contributed by atoms with E-state index in [-0.39, 0.29) is 5.91 Å². The number of benzene rings is 2. The number of hydrogen-bond donors (Lipinski definition) is 1. The van der Waals surface area contributed by atoms with E-state index in [1.165, 1.54) is 0 Å². The molecule has 0 saturated heterocycles. The van der Waals surface area contributed by atoms with Crippen molar-refractivity contribution in [2.75, 3.05) is 5.32 Å². The Bertz CT molecular complexity index is 1570. The zero-order chi connectivity index (χ0) is 22.5. The highest BCUT2D eigenvalue weighted by molar-refractivity contribution is 6.31. The van der Waals surface area contributed by atoms with Crippen LogP contribution in [0.3, 0.4) is 0 Å². The van der Waals surface area contributed by atoms with Crippen LogP contribution in [0.5, 0.6) is 0 Å². The molecule has 2 aromatic carbocycles. The molecule has 5 aromatic rings. The Morgan fingerprint density at radius 1 is 1.00 bits per heavy atom. The minimum atomic E-state index is -0.190. The molecular weight excluding hydrogens is 434 g/mol. The highest BCUT2D eigenvalue weighted by Crippen LogP contribution is 2.32. The summed E-state index contributed by atoms with van der Waals surface area (Å²) in [7, 11) is 0. The van der Waals surface area contributed by atoms with Gasteiger partial charge in [0.05, 0.1) is 22.3 Å². The van der Waals surface area contributed by atoms with Crippen LogP contribution in [0, 0.1) is 6.92 Å². The van der Waals surface area contributed by atoms with Gasteiger partial charge < -0.3 is 5.32 Å². The molecule has 3 aromatic heterocycles. The molecule has 0 atom stereocenters. The number of nitrogens with one attached hydrogen (secondary N) is 1. The monoisotopic (exact) mass is 453 g/mol. The quantitative estimate of drug-likeness (QED) is 0.382. The van der Waals surface area contributed by atoms with Gasteiger partial charge in [-0.15, -0.1) is 0 Å². The Kier molecular flexibility index (Phi) is 4.62. The Morgan fingerprint density at radius 2 is 1.88 bits per heavy atom. The average molecular weight is 454 g/mol. The summed E-state index contributed by atoms with van der Waals surface area (Å²) in [5, 5.41) is 10.1. The third kappa shape index (κ3) is 3.43. The Morgan fingerprint density at radius 3 is 2.79 bits per heavy atom. The van der Waals surface area contributed by atoms with Gasteiger partial charge in [0.25, 0.3) is 5.91 Å². The fraction of sp³-hybridized carbons (Fsp3) is 0.154. The first-order chi connectivity index (χ1) is 16.1. The fourth-order valence-electron chi connectivity index (χ4n) is 4.61. The number of nitrogens with zero attached hydrogens (tertiary/aromatic N) is 4. The van der Waals surface area contributed by atoms with Crippen molar-refractivity contribution in [2.45, 2.75) is 26.2 Å². The van der Waals surface area contributed by atoms with Crippen LogP contribution in [0.25, 0.3) is 27.6 Å². The van der Waals surface area contributed by atoms with Crippen molar-refractivity contribution < 1.29 is 4.79 Å². The summed E-state index contributed by atoms with van der Waals surface area (Å²) < 4.78 is 1.68. The number of rotatable bonds is 3. The van der Waals surface area contributed by atoms with Gasteiger partial charge in [0.2, 0.25) is 0 Å². The summed E-state index contributed by atoms with van der Waals surface area (Å²) in [5.41, 5.74) is 5.09. The van der Waals surface area contributed by atoms with Gasteiger partial charge in [0.1, 0.15) is 5.82 Å². The first-order valence-electron chi connectivity index (χ1n) is 10.9. The van der Waals surface area contributed by atoms with Gasteiger partial charge in [-0.2, -0.15) is 9.78 Å². The van der Waals surface area contributed by atoms with Crippen LogP contribution < -0.4 is 5.32 Å². The van der Waals surface area contributed by atoms with E-state index in [1.807, 2.05) is 67.6 Å². The smallest absolute Gasteiger partial charge is 0.257 e. The number of pyridine rings is 2. The zero-order valence-corrected chi connectivity index (χ0v) is 18.7. The molecule has 7 heteroatoms. The lowest BCUT2D eigenvalue weighted by Gasteiger charge is -2.14.